The van der Waals surface area contributed by atoms with Crippen molar-refractivity contribution >= 4 is 11.6 Å². The Morgan fingerprint density at radius 2 is 2.32 bits per heavy atom. The number of hydrogen-bond acceptors (Lipinski definition) is 3. The smallest absolute Gasteiger partial charge is 0.222 e. The zero-order valence-corrected chi connectivity index (χ0v) is 11.7. The molecule has 4 nitrogen and oxygen atoms in total. The van der Waals surface area contributed by atoms with E-state index in [9.17, 15) is 4.79 Å². The maximum Gasteiger partial charge on any atom is 0.222 e. The molecule has 1 aliphatic rings. The lowest BCUT2D eigenvalue weighted by atomic mass is 10.1. The minimum Gasteiger partial charge on any atom is -0.494 e. The Balaban J connectivity index is 2.03. The summed E-state index contributed by atoms with van der Waals surface area (Å²) in [5.74, 6) is 1.03. The Hall–Kier alpha value is -1.71. The molecule has 1 saturated heterocycles. The van der Waals surface area contributed by atoms with Gasteiger partial charge in [0.25, 0.3) is 0 Å². The van der Waals surface area contributed by atoms with E-state index >= 15 is 0 Å². The number of amides is 1. The molecule has 0 radical (unpaired) electrons. The maximum absolute atomic E-state index is 11.5. The summed E-state index contributed by atoms with van der Waals surface area (Å²) in [6.07, 6.45) is 2.59. The molecule has 1 amide bonds. The molecule has 0 aromatic heterocycles. The fourth-order valence-electron chi connectivity index (χ4n) is 2.37. The Kier molecular flexibility index (Phi) is 4.66. The molecule has 1 unspecified atom stereocenters. The van der Waals surface area contributed by atoms with Crippen LogP contribution in [-0.2, 0) is 4.79 Å². The predicted molar refractivity (Wildman–Crippen MR) is 76.6 cm³/mol. The minimum atomic E-state index is 0.138. The van der Waals surface area contributed by atoms with Gasteiger partial charge in [0.2, 0.25) is 5.91 Å². The zero-order chi connectivity index (χ0) is 13.7. The van der Waals surface area contributed by atoms with Gasteiger partial charge in [-0.05, 0) is 50.5 Å². The van der Waals surface area contributed by atoms with E-state index in [1.165, 1.54) is 0 Å². The normalized spacial score (nSPS) is 19.5. The van der Waals surface area contributed by atoms with Crippen LogP contribution in [0.1, 0.15) is 31.7 Å². The number of rotatable bonds is 4. The quantitative estimate of drug-likeness (QED) is 0.876. The maximum atomic E-state index is 11.5. The molecular weight excluding hydrogens is 240 g/mol. The number of nitrogens with one attached hydrogen (secondary N) is 2. The van der Waals surface area contributed by atoms with Crippen LogP contribution in [0.25, 0.3) is 0 Å². The van der Waals surface area contributed by atoms with Crippen LogP contribution in [0.15, 0.2) is 18.2 Å². The third-order valence-corrected chi connectivity index (χ3v) is 3.35. The highest BCUT2D eigenvalue weighted by atomic mass is 16.5. The van der Waals surface area contributed by atoms with E-state index < -0.39 is 0 Å². The van der Waals surface area contributed by atoms with E-state index in [1.807, 2.05) is 25.1 Å². The highest BCUT2D eigenvalue weighted by Gasteiger charge is 2.17. The lowest BCUT2D eigenvalue weighted by Gasteiger charge is -2.19. The predicted octanol–water partition coefficient (Wildman–Crippen LogP) is 2.47. The average Bonchev–Trinajstić information content (AvgIpc) is 2.57. The minimum absolute atomic E-state index is 0.138. The van der Waals surface area contributed by atoms with Gasteiger partial charge in [-0.25, -0.2) is 0 Å². The van der Waals surface area contributed by atoms with Gasteiger partial charge in [-0.1, -0.05) is 0 Å². The van der Waals surface area contributed by atoms with Crippen LogP contribution in [0.2, 0.25) is 0 Å². The van der Waals surface area contributed by atoms with Gasteiger partial charge in [-0.2, -0.15) is 0 Å². The highest BCUT2D eigenvalue weighted by Crippen LogP contribution is 2.23. The molecule has 1 aliphatic heterocycles. The highest BCUT2D eigenvalue weighted by molar-refractivity contribution is 5.77. The van der Waals surface area contributed by atoms with Gasteiger partial charge in [0.1, 0.15) is 5.75 Å². The summed E-state index contributed by atoms with van der Waals surface area (Å²) in [5.41, 5.74) is 2.23. The van der Waals surface area contributed by atoms with Gasteiger partial charge in [0, 0.05) is 24.7 Å². The number of benzene rings is 1. The van der Waals surface area contributed by atoms with Crippen molar-refractivity contribution in [2.24, 2.45) is 0 Å². The Bertz CT molecular complexity index is 446. The molecule has 104 valence electrons. The van der Waals surface area contributed by atoms with Crippen LogP contribution < -0.4 is 15.4 Å². The third-order valence-electron chi connectivity index (χ3n) is 3.35. The van der Waals surface area contributed by atoms with Gasteiger partial charge in [-0.15, -0.1) is 0 Å². The van der Waals surface area contributed by atoms with Crippen molar-refractivity contribution in [3.63, 3.8) is 0 Å². The van der Waals surface area contributed by atoms with Gasteiger partial charge in [0.05, 0.1) is 6.61 Å². The summed E-state index contributed by atoms with van der Waals surface area (Å²) in [6, 6.07) is 6.25. The largest absolute Gasteiger partial charge is 0.494 e. The molecule has 1 fully saturated rings. The molecule has 1 aromatic rings. The number of carbonyl (C=O) groups excluding carboxylic acids is 1. The van der Waals surface area contributed by atoms with Crippen molar-refractivity contribution in [1.29, 1.82) is 0 Å². The van der Waals surface area contributed by atoms with E-state index in [1.54, 1.807) is 0 Å². The zero-order valence-electron chi connectivity index (χ0n) is 11.7. The van der Waals surface area contributed by atoms with Gasteiger partial charge < -0.3 is 15.4 Å². The number of anilines is 1. The van der Waals surface area contributed by atoms with Crippen molar-refractivity contribution in [3.8, 4) is 5.75 Å². The monoisotopic (exact) mass is 262 g/mol. The summed E-state index contributed by atoms with van der Waals surface area (Å²) >= 11 is 0. The van der Waals surface area contributed by atoms with Crippen molar-refractivity contribution in [1.82, 2.24) is 5.32 Å². The molecule has 4 heteroatoms. The number of aryl methyl sites for hydroxylation is 1. The summed E-state index contributed by atoms with van der Waals surface area (Å²) < 4.78 is 5.48. The number of ether oxygens (including phenoxy) is 1. The fraction of sp³-hybridized carbons (Fsp3) is 0.533. The molecule has 0 saturated carbocycles. The van der Waals surface area contributed by atoms with Gasteiger partial charge >= 0.3 is 0 Å². The SMILES string of the molecule is CCOc1ccc(NC2CCCNC(=O)C2)c(C)c1. The first kappa shape index (κ1) is 13.7. The molecule has 19 heavy (non-hydrogen) atoms. The molecule has 0 aliphatic carbocycles. The lowest BCUT2D eigenvalue weighted by molar-refractivity contribution is -0.120. The Morgan fingerprint density at radius 1 is 1.47 bits per heavy atom. The average molecular weight is 262 g/mol. The van der Waals surface area contributed by atoms with Crippen LogP contribution in [0.3, 0.4) is 0 Å². The van der Waals surface area contributed by atoms with E-state index in [-0.39, 0.29) is 11.9 Å². The van der Waals surface area contributed by atoms with Gasteiger partial charge in [-0.3, -0.25) is 4.79 Å². The molecule has 2 N–H and O–H groups in total. The molecule has 0 spiro atoms. The second kappa shape index (κ2) is 6.45. The summed E-state index contributed by atoms with van der Waals surface area (Å²) in [6.45, 7) is 5.50. The second-order valence-electron chi connectivity index (χ2n) is 4.95. The molecule has 1 aromatic carbocycles. The number of hydrogen-bond donors (Lipinski definition) is 2. The number of carbonyl (C=O) groups is 1. The summed E-state index contributed by atoms with van der Waals surface area (Å²) in [4.78, 5) is 11.5. The Morgan fingerprint density at radius 3 is 3.05 bits per heavy atom. The first-order valence-electron chi connectivity index (χ1n) is 6.95. The third kappa shape index (κ3) is 3.88. The standard InChI is InChI=1S/C15H22N2O2/c1-3-19-13-6-7-14(11(2)9-13)17-12-5-4-8-16-15(18)10-12/h6-7,9,12,17H,3-5,8,10H2,1-2H3,(H,16,18). The van der Waals surface area contributed by atoms with E-state index in [4.69, 9.17) is 4.74 Å². The van der Waals surface area contributed by atoms with Gasteiger partial charge in [0.15, 0.2) is 0 Å². The first-order chi connectivity index (χ1) is 9.19. The molecule has 1 atom stereocenters. The molecule has 0 bridgehead atoms. The molecule has 1 heterocycles. The topological polar surface area (TPSA) is 50.4 Å². The lowest BCUT2D eigenvalue weighted by Crippen LogP contribution is -2.27. The van der Waals surface area contributed by atoms with Crippen LogP contribution in [0, 0.1) is 6.92 Å². The van der Waals surface area contributed by atoms with Crippen molar-refractivity contribution in [3.05, 3.63) is 23.8 Å². The van der Waals surface area contributed by atoms with Crippen molar-refractivity contribution < 1.29 is 9.53 Å². The molecular formula is C15H22N2O2. The van der Waals surface area contributed by atoms with Crippen LogP contribution in [0.4, 0.5) is 5.69 Å². The summed E-state index contributed by atoms with van der Waals surface area (Å²) in [5, 5.41) is 6.37. The fourth-order valence-corrected chi connectivity index (χ4v) is 2.37. The van der Waals surface area contributed by atoms with E-state index in [0.29, 0.717) is 13.0 Å². The van der Waals surface area contributed by atoms with Crippen LogP contribution in [-0.4, -0.2) is 25.1 Å². The van der Waals surface area contributed by atoms with Crippen LogP contribution >= 0.6 is 0 Å². The molecule has 2 rings (SSSR count). The van der Waals surface area contributed by atoms with Crippen molar-refractivity contribution in [2.75, 3.05) is 18.5 Å². The second-order valence-corrected chi connectivity index (χ2v) is 4.95. The van der Waals surface area contributed by atoms with Crippen molar-refractivity contribution in [2.45, 2.75) is 39.2 Å². The van der Waals surface area contributed by atoms with E-state index in [2.05, 4.69) is 17.6 Å². The van der Waals surface area contributed by atoms with Crippen LogP contribution in [0.5, 0.6) is 5.75 Å². The van der Waals surface area contributed by atoms with E-state index in [0.717, 1.165) is 36.4 Å². The first-order valence-corrected chi connectivity index (χ1v) is 6.95. The summed E-state index contributed by atoms with van der Waals surface area (Å²) in [7, 11) is 0. The Labute approximate surface area is 114 Å².